The zero-order chi connectivity index (χ0) is 22.9. The van der Waals surface area contributed by atoms with E-state index in [4.69, 9.17) is 23.2 Å². The van der Waals surface area contributed by atoms with Crippen molar-refractivity contribution in [1.82, 2.24) is 9.80 Å². The number of amides is 2. The van der Waals surface area contributed by atoms with Crippen LogP contribution in [0.1, 0.15) is 33.0 Å². The first-order valence-electron chi connectivity index (χ1n) is 11.2. The molecule has 0 aromatic heterocycles. The van der Waals surface area contributed by atoms with Gasteiger partial charge in [-0.05, 0) is 41.3 Å². The first-order chi connectivity index (χ1) is 16.0. The van der Waals surface area contributed by atoms with Crippen LogP contribution in [0.3, 0.4) is 0 Å². The molecule has 3 aromatic carbocycles. The zero-order valence-corrected chi connectivity index (χ0v) is 19.6. The Kier molecular flexibility index (Phi) is 6.13. The molecule has 33 heavy (non-hydrogen) atoms. The molecule has 3 aromatic rings. The number of carbonyl (C=O) groups is 2. The van der Waals surface area contributed by atoms with E-state index in [-0.39, 0.29) is 23.7 Å². The van der Waals surface area contributed by atoms with E-state index in [9.17, 15) is 9.59 Å². The van der Waals surface area contributed by atoms with Crippen molar-refractivity contribution >= 4 is 35.0 Å². The number of hydrogen-bond acceptors (Lipinski definition) is 2. The van der Waals surface area contributed by atoms with Crippen LogP contribution >= 0.6 is 23.2 Å². The van der Waals surface area contributed by atoms with E-state index in [0.29, 0.717) is 41.8 Å². The summed E-state index contributed by atoms with van der Waals surface area (Å²) in [6.07, 6.45) is 0.855. The number of hydrogen-bond donors (Lipinski definition) is 0. The SMILES string of the molecule is O=C(c1ccc(Cl)cc1Cl)N1CC(C(=O)N2CCc3ccccc3C2)C(c2ccccc2)C1. The van der Waals surface area contributed by atoms with E-state index in [2.05, 4.69) is 12.1 Å². The van der Waals surface area contributed by atoms with E-state index < -0.39 is 0 Å². The van der Waals surface area contributed by atoms with Crippen molar-refractivity contribution in [3.05, 3.63) is 105 Å². The molecule has 5 rings (SSSR count). The normalized spacial score (nSPS) is 19.9. The summed E-state index contributed by atoms with van der Waals surface area (Å²) in [7, 11) is 0. The van der Waals surface area contributed by atoms with E-state index >= 15 is 0 Å². The molecule has 4 nitrogen and oxygen atoms in total. The van der Waals surface area contributed by atoms with Gasteiger partial charge in [0.1, 0.15) is 0 Å². The molecule has 0 spiro atoms. The highest BCUT2D eigenvalue weighted by Crippen LogP contribution is 2.36. The third kappa shape index (κ3) is 4.38. The van der Waals surface area contributed by atoms with E-state index in [1.54, 1.807) is 23.1 Å². The maximum atomic E-state index is 13.8. The number of fused-ring (bicyclic) bond motifs is 1. The molecule has 2 aliphatic heterocycles. The highest BCUT2D eigenvalue weighted by atomic mass is 35.5. The molecule has 0 radical (unpaired) electrons. The lowest BCUT2D eigenvalue weighted by Gasteiger charge is -2.32. The van der Waals surface area contributed by atoms with E-state index in [1.807, 2.05) is 47.4 Å². The molecule has 0 saturated carbocycles. The summed E-state index contributed by atoms with van der Waals surface area (Å²) < 4.78 is 0. The fourth-order valence-corrected chi connectivity index (χ4v) is 5.50. The fraction of sp³-hybridized carbons (Fsp3) is 0.259. The van der Waals surface area contributed by atoms with Crippen LogP contribution in [0.2, 0.25) is 10.0 Å². The third-order valence-electron chi connectivity index (χ3n) is 6.76. The Hall–Kier alpha value is -2.82. The Labute approximate surface area is 203 Å². The zero-order valence-electron chi connectivity index (χ0n) is 18.1. The molecular formula is C27H24Cl2N2O2. The molecule has 2 unspecified atom stereocenters. The Balaban J connectivity index is 1.42. The lowest BCUT2D eigenvalue weighted by Crippen LogP contribution is -2.42. The first kappa shape index (κ1) is 22.0. The molecule has 1 fully saturated rings. The Morgan fingerprint density at radius 1 is 0.818 bits per heavy atom. The Morgan fingerprint density at radius 3 is 2.30 bits per heavy atom. The third-order valence-corrected chi connectivity index (χ3v) is 7.30. The van der Waals surface area contributed by atoms with Crippen LogP contribution < -0.4 is 0 Å². The van der Waals surface area contributed by atoms with Crippen LogP contribution in [-0.4, -0.2) is 41.2 Å². The second-order valence-corrected chi connectivity index (χ2v) is 9.58. The number of benzene rings is 3. The number of likely N-dealkylation sites (tertiary alicyclic amines) is 1. The number of rotatable bonds is 3. The molecule has 0 bridgehead atoms. The maximum absolute atomic E-state index is 13.8. The highest BCUT2D eigenvalue weighted by molar-refractivity contribution is 6.36. The topological polar surface area (TPSA) is 40.6 Å². The minimum atomic E-state index is -0.298. The van der Waals surface area contributed by atoms with Gasteiger partial charge >= 0.3 is 0 Å². The summed E-state index contributed by atoms with van der Waals surface area (Å²) >= 11 is 12.3. The quantitative estimate of drug-likeness (QED) is 0.503. The molecule has 6 heteroatoms. The summed E-state index contributed by atoms with van der Waals surface area (Å²) in [4.78, 5) is 30.8. The van der Waals surface area contributed by atoms with Crippen molar-refractivity contribution < 1.29 is 9.59 Å². The summed E-state index contributed by atoms with van der Waals surface area (Å²) in [6.45, 7) is 2.16. The van der Waals surface area contributed by atoms with Crippen molar-refractivity contribution in [2.24, 2.45) is 5.92 Å². The number of carbonyl (C=O) groups excluding carboxylic acids is 2. The van der Waals surface area contributed by atoms with Gasteiger partial charge in [0, 0.05) is 37.1 Å². The van der Waals surface area contributed by atoms with Gasteiger partial charge in [0.05, 0.1) is 16.5 Å². The largest absolute Gasteiger partial charge is 0.338 e. The summed E-state index contributed by atoms with van der Waals surface area (Å²) in [6, 6.07) is 23.2. The molecule has 2 aliphatic rings. The van der Waals surface area contributed by atoms with Gasteiger partial charge in [-0.25, -0.2) is 0 Å². The molecule has 0 aliphatic carbocycles. The second-order valence-electron chi connectivity index (χ2n) is 8.74. The minimum absolute atomic E-state index is 0.0640. The van der Waals surface area contributed by atoms with Crippen molar-refractivity contribution in [1.29, 1.82) is 0 Å². The average molecular weight is 479 g/mol. The molecular weight excluding hydrogens is 455 g/mol. The van der Waals surface area contributed by atoms with E-state index in [1.165, 1.54) is 11.1 Å². The average Bonchev–Trinajstić information content (AvgIpc) is 3.29. The van der Waals surface area contributed by atoms with Crippen LogP contribution in [0, 0.1) is 5.92 Å². The van der Waals surface area contributed by atoms with Gasteiger partial charge < -0.3 is 9.80 Å². The second kappa shape index (κ2) is 9.20. The van der Waals surface area contributed by atoms with Crippen LogP contribution in [0.15, 0.2) is 72.8 Å². The fourth-order valence-electron chi connectivity index (χ4n) is 5.01. The van der Waals surface area contributed by atoms with Crippen LogP contribution in [-0.2, 0) is 17.8 Å². The minimum Gasteiger partial charge on any atom is -0.338 e. The molecule has 168 valence electrons. The monoisotopic (exact) mass is 478 g/mol. The molecule has 0 N–H and O–H groups in total. The number of halogens is 2. The van der Waals surface area contributed by atoms with Gasteiger partial charge in [-0.15, -0.1) is 0 Å². The van der Waals surface area contributed by atoms with Crippen molar-refractivity contribution in [3.63, 3.8) is 0 Å². The predicted molar refractivity (Wildman–Crippen MR) is 131 cm³/mol. The molecule has 2 atom stereocenters. The predicted octanol–water partition coefficient (Wildman–Crippen LogP) is 5.43. The van der Waals surface area contributed by atoms with Crippen molar-refractivity contribution in [3.8, 4) is 0 Å². The Morgan fingerprint density at radius 2 is 1.55 bits per heavy atom. The standard InChI is InChI=1S/C27H24Cl2N2O2/c28-21-10-11-22(25(29)14-21)26(32)31-16-23(19-7-2-1-3-8-19)24(17-31)27(33)30-13-12-18-6-4-5-9-20(18)15-30/h1-11,14,23-24H,12-13,15-17H2. The van der Waals surface area contributed by atoms with Gasteiger partial charge in [0.2, 0.25) is 5.91 Å². The van der Waals surface area contributed by atoms with Crippen LogP contribution in [0.25, 0.3) is 0 Å². The molecule has 2 amide bonds. The lowest BCUT2D eigenvalue weighted by molar-refractivity contribution is -0.136. The van der Waals surface area contributed by atoms with Gasteiger partial charge in [-0.1, -0.05) is 77.8 Å². The lowest BCUT2D eigenvalue weighted by atomic mass is 9.87. The van der Waals surface area contributed by atoms with Crippen molar-refractivity contribution in [2.45, 2.75) is 18.9 Å². The Bertz CT molecular complexity index is 1200. The van der Waals surface area contributed by atoms with Crippen LogP contribution in [0.4, 0.5) is 0 Å². The highest BCUT2D eigenvalue weighted by Gasteiger charge is 2.42. The van der Waals surface area contributed by atoms with Gasteiger partial charge in [0.25, 0.3) is 5.91 Å². The smallest absolute Gasteiger partial charge is 0.255 e. The van der Waals surface area contributed by atoms with Crippen LogP contribution in [0.5, 0.6) is 0 Å². The van der Waals surface area contributed by atoms with Gasteiger partial charge in [-0.3, -0.25) is 9.59 Å². The van der Waals surface area contributed by atoms with Gasteiger partial charge in [-0.2, -0.15) is 0 Å². The van der Waals surface area contributed by atoms with Crippen molar-refractivity contribution in [2.75, 3.05) is 19.6 Å². The van der Waals surface area contributed by atoms with E-state index in [0.717, 1.165) is 12.0 Å². The number of nitrogens with zero attached hydrogens (tertiary/aromatic N) is 2. The first-order valence-corrected chi connectivity index (χ1v) is 11.9. The molecule has 1 saturated heterocycles. The van der Waals surface area contributed by atoms with Gasteiger partial charge in [0.15, 0.2) is 0 Å². The molecule has 2 heterocycles. The maximum Gasteiger partial charge on any atom is 0.255 e. The summed E-state index contributed by atoms with van der Waals surface area (Å²) in [5.74, 6) is -0.425. The summed E-state index contributed by atoms with van der Waals surface area (Å²) in [5, 5.41) is 0.810. The summed E-state index contributed by atoms with van der Waals surface area (Å²) in [5.41, 5.74) is 3.99.